The maximum Gasteiger partial charge on any atom is 0.330 e. The van der Waals surface area contributed by atoms with Crippen molar-refractivity contribution in [2.75, 3.05) is 26.7 Å². The van der Waals surface area contributed by atoms with Crippen molar-refractivity contribution in [3.63, 3.8) is 0 Å². The number of carbonyl (C=O) groups excluding carboxylic acids is 1. The van der Waals surface area contributed by atoms with Gasteiger partial charge in [0.15, 0.2) is 5.54 Å². The quantitative estimate of drug-likeness (QED) is 0.759. The Morgan fingerprint density at radius 1 is 1.50 bits per heavy atom. The molecule has 0 aromatic rings. The second kappa shape index (κ2) is 4.82. The first-order valence-corrected chi connectivity index (χ1v) is 5.64. The van der Waals surface area contributed by atoms with Crippen LogP contribution in [-0.4, -0.2) is 59.0 Å². The van der Waals surface area contributed by atoms with Gasteiger partial charge in [0, 0.05) is 20.0 Å². The Labute approximate surface area is 96.0 Å². The predicted molar refractivity (Wildman–Crippen MR) is 60.2 cm³/mol. The van der Waals surface area contributed by atoms with Crippen molar-refractivity contribution in [2.24, 2.45) is 0 Å². The lowest BCUT2D eigenvalue weighted by molar-refractivity contribution is -0.162. The number of piperidine rings is 1. The van der Waals surface area contributed by atoms with Crippen molar-refractivity contribution >= 4 is 11.9 Å². The Hall–Kier alpha value is -1.10. The molecule has 1 amide bonds. The number of aliphatic carboxylic acids is 1. The van der Waals surface area contributed by atoms with E-state index in [0.717, 1.165) is 13.0 Å². The Morgan fingerprint density at radius 3 is 2.50 bits per heavy atom. The molecule has 1 aliphatic heterocycles. The number of rotatable bonds is 3. The van der Waals surface area contributed by atoms with E-state index in [4.69, 9.17) is 0 Å². The first kappa shape index (κ1) is 13.0. The van der Waals surface area contributed by atoms with Crippen LogP contribution >= 0.6 is 0 Å². The molecule has 0 saturated carbocycles. The zero-order valence-corrected chi connectivity index (χ0v) is 10.2. The molecule has 1 atom stereocenters. The Morgan fingerprint density at radius 2 is 2.12 bits per heavy atom. The number of carboxylic acid groups (broad SMARTS) is 1. The lowest BCUT2D eigenvalue weighted by atomic mass is 9.87. The van der Waals surface area contributed by atoms with Crippen LogP contribution < -0.4 is 0 Å². The molecule has 1 fully saturated rings. The number of carboxylic acids is 1. The van der Waals surface area contributed by atoms with Crippen LogP contribution in [0, 0.1) is 0 Å². The van der Waals surface area contributed by atoms with Crippen LogP contribution in [0.5, 0.6) is 0 Å². The number of hydrogen-bond donors (Lipinski definition) is 1. The summed E-state index contributed by atoms with van der Waals surface area (Å²) in [5.74, 6) is -1.06. The minimum atomic E-state index is -1.03. The monoisotopic (exact) mass is 228 g/mol. The summed E-state index contributed by atoms with van der Waals surface area (Å²) in [6, 6.07) is 0. The zero-order valence-electron chi connectivity index (χ0n) is 10.2. The first-order valence-electron chi connectivity index (χ1n) is 5.64. The van der Waals surface area contributed by atoms with Gasteiger partial charge in [-0.25, -0.2) is 4.79 Å². The summed E-state index contributed by atoms with van der Waals surface area (Å²) in [4.78, 5) is 26.5. The Bertz CT molecular complexity index is 293. The van der Waals surface area contributed by atoms with Crippen LogP contribution in [0.25, 0.3) is 0 Å². The molecule has 0 aromatic carbocycles. The van der Waals surface area contributed by atoms with Gasteiger partial charge in [-0.1, -0.05) is 0 Å². The van der Waals surface area contributed by atoms with Gasteiger partial charge in [-0.3, -0.25) is 4.79 Å². The fourth-order valence-electron chi connectivity index (χ4n) is 2.58. The molecule has 5 heteroatoms. The molecule has 1 rings (SSSR count). The molecule has 0 bridgehead atoms. The summed E-state index contributed by atoms with van der Waals surface area (Å²) >= 11 is 0. The fourth-order valence-corrected chi connectivity index (χ4v) is 2.58. The molecule has 0 aromatic heterocycles. The number of nitrogens with zero attached hydrogens (tertiary/aromatic N) is 2. The Kier molecular flexibility index (Phi) is 3.91. The lowest BCUT2D eigenvalue weighted by Crippen LogP contribution is -2.63. The van der Waals surface area contributed by atoms with Crippen molar-refractivity contribution in [3.8, 4) is 0 Å². The molecule has 1 heterocycles. The van der Waals surface area contributed by atoms with E-state index in [1.807, 2.05) is 18.9 Å². The van der Waals surface area contributed by atoms with E-state index < -0.39 is 11.5 Å². The molecule has 1 saturated heterocycles. The zero-order chi connectivity index (χ0) is 12.3. The number of hydrogen-bond acceptors (Lipinski definition) is 3. The summed E-state index contributed by atoms with van der Waals surface area (Å²) < 4.78 is 0. The molecular weight excluding hydrogens is 208 g/mol. The van der Waals surface area contributed by atoms with Crippen molar-refractivity contribution in [3.05, 3.63) is 0 Å². The number of likely N-dealkylation sites (tertiary alicyclic amines) is 1. The van der Waals surface area contributed by atoms with Gasteiger partial charge in [0.1, 0.15) is 0 Å². The van der Waals surface area contributed by atoms with E-state index in [0.29, 0.717) is 19.5 Å². The summed E-state index contributed by atoms with van der Waals surface area (Å²) in [5, 5.41) is 9.44. The van der Waals surface area contributed by atoms with E-state index in [-0.39, 0.29) is 5.91 Å². The molecule has 0 aliphatic carbocycles. The third-order valence-corrected chi connectivity index (χ3v) is 3.27. The maximum absolute atomic E-state index is 11.5. The van der Waals surface area contributed by atoms with Crippen LogP contribution in [0.3, 0.4) is 0 Å². The summed E-state index contributed by atoms with van der Waals surface area (Å²) in [6.45, 7) is 5.00. The van der Waals surface area contributed by atoms with Crippen LogP contribution in [0.15, 0.2) is 0 Å². The highest BCUT2D eigenvalue weighted by atomic mass is 16.4. The minimum Gasteiger partial charge on any atom is -0.479 e. The largest absolute Gasteiger partial charge is 0.479 e. The number of carbonyl (C=O) groups is 2. The number of likely N-dealkylation sites (N-methyl/N-ethyl adjacent to an activating group) is 2. The standard InChI is InChI=1S/C11H20N2O3/c1-4-13(9(2)14)11(10(15)16)6-5-7-12(3)8-11/h4-8H2,1-3H3,(H,15,16). The van der Waals surface area contributed by atoms with Gasteiger partial charge in [0.2, 0.25) is 5.91 Å². The molecule has 0 radical (unpaired) electrons. The van der Waals surface area contributed by atoms with Gasteiger partial charge in [-0.2, -0.15) is 0 Å². The van der Waals surface area contributed by atoms with E-state index >= 15 is 0 Å². The van der Waals surface area contributed by atoms with Gasteiger partial charge >= 0.3 is 5.97 Å². The van der Waals surface area contributed by atoms with Crippen LogP contribution in [0.1, 0.15) is 26.7 Å². The maximum atomic E-state index is 11.5. The van der Waals surface area contributed by atoms with E-state index in [9.17, 15) is 14.7 Å². The predicted octanol–water partition coefficient (Wildman–Crippen LogP) is 0.404. The fraction of sp³-hybridized carbons (Fsp3) is 0.818. The smallest absolute Gasteiger partial charge is 0.330 e. The Balaban J connectivity index is 3.03. The lowest BCUT2D eigenvalue weighted by Gasteiger charge is -2.45. The highest BCUT2D eigenvalue weighted by Gasteiger charge is 2.47. The second-order valence-corrected chi connectivity index (χ2v) is 4.44. The van der Waals surface area contributed by atoms with Crippen LogP contribution in [0.2, 0.25) is 0 Å². The van der Waals surface area contributed by atoms with Crippen LogP contribution in [-0.2, 0) is 9.59 Å². The minimum absolute atomic E-state index is 0.166. The molecule has 5 nitrogen and oxygen atoms in total. The van der Waals surface area contributed by atoms with E-state index in [2.05, 4.69) is 0 Å². The first-order chi connectivity index (χ1) is 7.44. The highest BCUT2D eigenvalue weighted by Crippen LogP contribution is 2.27. The molecular formula is C11H20N2O3. The number of amides is 1. The van der Waals surface area contributed by atoms with Gasteiger partial charge in [-0.05, 0) is 33.4 Å². The summed E-state index contributed by atoms with van der Waals surface area (Å²) in [7, 11) is 1.89. The molecule has 92 valence electrons. The van der Waals surface area contributed by atoms with Crippen LogP contribution in [0.4, 0.5) is 0 Å². The molecule has 0 spiro atoms. The molecule has 1 aliphatic rings. The normalized spacial score (nSPS) is 26.4. The third kappa shape index (κ3) is 2.19. The van der Waals surface area contributed by atoms with Gasteiger partial charge in [-0.15, -0.1) is 0 Å². The average molecular weight is 228 g/mol. The van der Waals surface area contributed by atoms with Crippen molar-refractivity contribution in [1.29, 1.82) is 0 Å². The van der Waals surface area contributed by atoms with Gasteiger partial charge in [0.05, 0.1) is 0 Å². The summed E-state index contributed by atoms with van der Waals surface area (Å²) in [5.41, 5.74) is -1.03. The molecule has 1 unspecified atom stereocenters. The van der Waals surface area contributed by atoms with Crippen molar-refractivity contribution in [2.45, 2.75) is 32.2 Å². The second-order valence-electron chi connectivity index (χ2n) is 4.44. The van der Waals surface area contributed by atoms with E-state index in [1.165, 1.54) is 11.8 Å². The topological polar surface area (TPSA) is 60.9 Å². The van der Waals surface area contributed by atoms with E-state index in [1.54, 1.807) is 0 Å². The molecule has 1 N–H and O–H groups in total. The van der Waals surface area contributed by atoms with Gasteiger partial charge < -0.3 is 14.9 Å². The van der Waals surface area contributed by atoms with Crippen molar-refractivity contribution < 1.29 is 14.7 Å². The average Bonchev–Trinajstić information content (AvgIpc) is 2.17. The SMILES string of the molecule is CCN(C(C)=O)C1(C(=O)O)CCCN(C)C1. The highest BCUT2D eigenvalue weighted by molar-refractivity contribution is 5.86. The third-order valence-electron chi connectivity index (χ3n) is 3.27. The van der Waals surface area contributed by atoms with Crippen molar-refractivity contribution in [1.82, 2.24) is 9.80 Å². The molecule has 16 heavy (non-hydrogen) atoms. The summed E-state index contributed by atoms with van der Waals surface area (Å²) in [6.07, 6.45) is 1.35. The van der Waals surface area contributed by atoms with Gasteiger partial charge in [0.25, 0.3) is 0 Å².